The van der Waals surface area contributed by atoms with Crippen LogP contribution in [-0.4, -0.2) is 45.7 Å². The number of nitrogens with one attached hydrogen (secondary N) is 2. The lowest BCUT2D eigenvalue weighted by Gasteiger charge is -2.13. The zero-order valence-corrected chi connectivity index (χ0v) is 10.8. The lowest BCUT2D eigenvalue weighted by molar-refractivity contribution is -0.140. The highest BCUT2D eigenvalue weighted by molar-refractivity contribution is 5.87. The Bertz CT molecular complexity index is 500. The van der Waals surface area contributed by atoms with E-state index in [1.54, 1.807) is 6.92 Å². The average Bonchev–Trinajstić information content (AvgIpc) is 2.73. The normalized spacial score (nSPS) is 11.7. The molecule has 110 valence electrons. The number of rotatable bonds is 7. The summed E-state index contributed by atoms with van der Waals surface area (Å²) in [6.07, 6.45) is -0.148. The van der Waals surface area contributed by atoms with Crippen LogP contribution in [0.4, 0.5) is 4.79 Å². The minimum absolute atomic E-state index is 0.188. The highest BCUT2D eigenvalue weighted by Gasteiger charge is 2.21. The number of primary amides is 1. The van der Waals surface area contributed by atoms with E-state index in [-0.39, 0.29) is 6.54 Å². The molecule has 0 aliphatic heterocycles. The molecule has 5 N–H and O–H groups in total. The molecule has 0 aliphatic rings. The molecular formula is C10H15N5O5. The first-order chi connectivity index (χ1) is 9.38. The molecule has 1 heterocycles. The van der Waals surface area contributed by atoms with E-state index in [2.05, 4.69) is 20.8 Å². The summed E-state index contributed by atoms with van der Waals surface area (Å²) in [6.45, 7) is 1.83. The predicted octanol–water partition coefficient (Wildman–Crippen LogP) is -1.45. The van der Waals surface area contributed by atoms with Gasteiger partial charge in [-0.2, -0.15) is 4.98 Å². The number of carbonyl (C=O) groups excluding carboxylic acids is 2. The van der Waals surface area contributed by atoms with Crippen molar-refractivity contribution in [3.05, 3.63) is 11.7 Å². The number of aliphatic carboxylic acids is 1. The number of aromatic nitrogens is 2. The Hall–Kier alpha value is -2.65. The lowest BCUT2D eigenvalue weighted by Crippen LogP contribution is -2.48. The van der Waals surface area contributed by atoms with Gasteiger partial charge in [0.2, 0.25) is 11.8 Å². The molecule has 0 saturated heterocycles. The summed E-state index contributed by atoms with van der Waals surface area (Å²) >= 11 is 0. The molecule has 0 radical (unpaired) electrons. The molecule has 1 rings (SSSR count). The first-order valence-corrected chi connectivity index (χ1v) is 5.73. The number of nitrogens with two attached hydrogens (primary N) is 1. The number of carboxylic acid groups (broad SMARTS) is 1. The number of amides is 3. The van der Waals surface area contributed by atoms with Crippen molar-refractivity contribution in [3.8, 4) is 0 Å². The lowest BCUT2D eigenvalue weighted by atomic mass is 10.2. The Kier molecular flexibility index (Phi) is 5.44. The molecular weight excluding hydrogens is 270 g/mol. The summed E-state index contributed by atoms with van der Waals surface area (Å²) in [6, 6.07) is -2.08. The van der Waals surface area contributed by atoms with Crippen molar-refractivity contribution < 1.29 is 24.0 Å². The molecule has 0 spiro atoms. The third kappa shape index (κ3) is 5.33. The molecule has 1 aromatic rings. The first kappa shape index (κ1) is 15.4. The zero-order chi connectivity index (χ0) is 15.1. The summed E-state index contributed by atoms with van der Waals surface area (Å²) in [5.74, 6) is -1.32. The fourth-order valence-electron chi connectivity index (χ4n) is 1.34. The number of carbonyl (C=O) groups is 3. The number of carboxylic acids is 1. The third-order valence-corrected chi connectivity index (χ3v) is 2.21. The van der Waals surface area contributed by atoms with Crippen molar-refractivity contribution in [2.24, 2.45) is 5.73 Å². The van der Waals surface area contributed by atoms with Crippen molar-refractivity contribution in [1.29, 1.82) is 0 Å². The van der Waals surface area contributed by atoms with Crippen LogP contribution in [0.25, 0.3) is 0 Å². The summed E-state index contributed by atoms with van der Waals surface area (Å²) in [7, 11) is 0. The summed E-state index contributed by atoms with van der Waals surface area (Å²) in [5, 5.41) is 17.0. The largest absolute Gasteiger partial charge is 0.480 e. The Balaban J connectivity index is 2.34. The standard InChI is InChI=1S/C10H15N5O5/c1-5-13-8(15-20-5)2-3-12-10(19)14-6(9(17)18)4-7(11)16/h6H,2-4H2,1H3,(H2,11,16)(H,17,18)(H2,12,14,19). The fourth-order valence-corrected chi connectivity index (χ4v) is 1.34. The number of nitrogens with zero attached hydrogens (tertiary/aromatic N) is 2. The van der Waals surface area contributed by atoms with Crippen molar-refractivity contribution in [2.45, 2.75) is 25.8 Å². The smallest absolute Gasteiger partial charge is 0.326 e. The maximum Gasteiger partial charge on any atom is 0.326 e. The summed E-state index contributed by atoms with van der Waals surface area (Å²) in [5.41, 5.74) is 4.88. The van der Waals surface area contributed by atoms with Gasteiger partial charge in [-0.05, 0) is 0 Å². The van der Waals surface area contributed by atoms with E-state index in [9.17, 15) is 14.4 Å². The van der Waals surface area contributed by atoms with Gasteiger partial charge in [0.1, 0.15) is 6.04 Å². The van der Waals surface area contributed by atoms with Crippen LogP contribution in [-0.2, 0) is 16.0 Å². The highest BCUT2D eigenvalue weighted by atomic mass is 16.5. The Morgan fingerprint density at radius 3 is 2.65 bits per heavy atom. The van der Waals surface area contributed by atoms with Gasteiger partial charge >= 0.3 is 12.0 Å². The second-order valence-electron chi connectivity index (χ2n) is 3.94. The van der Waals surface area contributed by atoms with Crippen LogP contribution in [0.1, 0.15) is 18.1 Å². The number of hydrogen-bond acceptors (Lipinski definition) is 6. The first-order valence-electron chi connectivity index (χ1n) is 5.73. The Labute approximate surface area is 113 Å². The molecule has 0 aromatic carbocycles. The molecule has 0 bridgehead atoms. The Morgan fingerprint density at radius 2 is 2.15 bits per heavy atom. The van der Waals surface area contributed by atoms with Gasteiger partial charge in [0, 0.05) is 19.9 Å². The van der Waals surface area contributed by atoms with Crippen molar-refractivity contribution in [3.63, 3.8) is 0 Å². The molecule has 3 amide bonds. The number of hydrogen-bond donors (Lipinski definition) is 4. The van der Waals surface area contributed by atoms with E-state index in [0.29, 0.717) is 18.1 Å². The molecule has 1 unspecified atom stereocenters. The van der Waals surface area contributed by atoms with Gasteiger partial charge in [0.15, 0.2) is 5.82 Å². The van der Waals surface area contributed by atoms with Crippen LogP contribution in [0.3, 0.4) is 0 Å². The molecule has 10 heteroatoms. The molecule has 0 aliphatic carbocycles. The van der Waals surface area contributed by atoms with E-state index < -0.39 is 30.4 Å². The minimum atomic E-state index is -1.36. The number of aryl methyl sites for hydroxylation is 1. The van der Waals surface area contributed by atoms with Crippen molar-refractivity contribution >= 4 is 17.9 Å². The van der Waals surface area contributed by atoms with E-state index in [0.717, 1.165) is 0 Å². The zero-order valence-electron chi connectivity index (χ0n) is 10.8. The second-order valence-corrected chi connectivity index (χ2v) is 3.94. The van der Waals surface area contributed by atoms with E-state index >= 15 is 0 Å². The molecule has 0 fully saturated rings. The SMILES string of the molecule is Cc1nc(CCNC(=O)NC(CC(N)=O)C(=O)O)no1. The van der Waals surface area contributed by atoms with Gasteiger partial charge in [-0.1, -0.05) is 5.16 Å². The van der Waals surface area contributed by atoms with Gasteiger partial charge in [0.05, 0.1) is 6.42 Å². The maximum absolute atomic E-state index is 11.4. The van der Waals surface area contributed by atoms with E-state index in [1.165, 1.54) is 0 Å². The van der Waals surface area contributed by atoms with Crippen molar-refractivity contribution in [2.75, 3.05) is 6.54 Å². The van der Waals surface area contributed by atoms with Gasteiger partial charge in [-0.25, -0.2) is 9.59 Å². The van der Waals surface area contributed by atoms with Crippen LogP contribution in [0.2, 0.25) is 0 Å². The number of urea groups is 1. The van der Waals surface area contributed by atoms with Crippen LogP contribution < -0.4 is 16.4 Å². The maximum atomic E-state index is 11.4. The quantitative estimate of drug-likeness (QED) is 0.476. The van der Waals surface area contributed by atoms with Gasteiger partial charge in [-0.3, -0.25) is 4.79 Å². The molecule has 0 saturated carbocycles. The molecule has 10 nitrogen and oxygen atoms in total. The molecule has 1 atom stereocenters. The van der Waals surface area contributed by atoms with Crippen LogP contribution in [0.15, 0.2) is 4.52 Å². The third-order valence-electron chi connectivity index (χ3n) is 2.21. The Morgan fingerprint density at radius 1 is 1.45 bits per heavy atom. The topological polar surface area (TPSA) is 160 Å². The van der Waals surface area contributed by atoms with E-state index in [1.807, 2.05) is 0 Å². The minimum Gasteiger partial charge on any atom is -0.480 e. The van der Waals surface area contributed by atoms with Gasteiger partial charge in [0.25, 0.3) is 0 Å². The molecule has 20 heavy (non-hydrogen) atoms. The summed E-state index contributed by atoms with van der Waals surface area (Å²) in [4.78, 5) is 36.8. The van der Waals surface area contributed by atoms with Crippen LogP contribution in [0, 0.1) is 6.92 Å². The average molecular weight is 285 g/mol. The monoisotopic (exact) mass is 285 g/mol. The summed E-state index contributed by atoms with van der Waals surface area (Å²) < 4.78 is 4.74. The highest BCUT2D eigenvalue weighted by Crippen LogP contribution is 1.95. The second kappa shape index (κ2) is 7.07. The van der Waals surface area contributed by atoms with Gasteiger partial charge < -0.3 is 26.0 Å². The van der Waals surface area contributed by atoms with Crippen molar-refractivity contribution in [1.82, 2.24) is 20.8 Å². The van der Waals surface area contributed by atoms with Gasteiger partial charge in [-0.15, -0.1) is 0 Å². The molecule has 1 aromatic heterocycles. The fraction of sp³-hybridized carbons (Fsp3) is 0.500. The van der Waals surface area contributed by atoms with Crippen LogP contribution >= 0.6 is 0 Å². The van der Waals surface area contributed by atoms with E-state index in [4.69, 9.17) is 15.4 Å². The van der Waals surface area contributed by atoms with Crippen LogP contribution in [0.5, 0.6) is 0 Å². The predicted molar refractivity (Wildman–Crippen MR) is 64.5 cm³/mol.